The third-order valence-electron chi connectivity index (χ3n) is 4.50. The Morgan fingerprint density at radius 3 is 2.89 bits per heavy atom. The number of nitrogens with one attached hydrogen (secondary N) is 1. The number of methoxy groups -OCH3 is 1. The standard InChI is InChI=1S/C19H19N5O3/c1-26-16-4-2-3-14-7-13(10-27-18(14)16)8-21-19(25)15-5-6-17(20-9-15)24-11-22-23-12-24/h2-6,9,11-13H,7-8,10H2,1H3,(H,21,25). The molecule has 2 aromatic heterocycles. The van der Waals surface area contributed by atoms with Crippen LogP contribution in [0.5, 0.6) is 11.5 Å². The van der Waals surface area contributed by atoms with E-state index in [0.29, 0.717) is 24.5 Å². The van der Waals surface area contributed by atoms with Gasteiger partial charge in [0.1, 0.15) is 18.5 Å². The van der Waals surface area contributed by atoms with Crippen LogP contribution in [0, 0.1) is 5.92 Å². The second kappa shape index (κ2) is 7.45. The first-order valence-corrected chi connectivity index (χ1v) is 8.62. The van der Waals surface area contributed by atoms with Crippen molar-refractivity contribution in [2.45, 2.75) is 6.42 Å². The van der Waals surface area contributed by atoms with Gasteiger partial charge < -0.3 is 14.8 Å². The Hall–Kier alpha value is -3.42. The summed E-state index contributed by atoms with van der Waals surface area (Å²) in [6.07, 6.45) is 5.48. The molecule has 1 N–H and O–H groups in total. The number of aromatic nitrogens is 4. The van der Waals surface area contributed by atoms with Gasteiger partial charge in [-0.1, -0.05) is 12.1 Å². The number of hydrogen-bond donors (Lipinski definition) is 1. The van der Waals surface area contributed by atoms with Crippen molar-refractivity contribution in [1.82, 2.24) is 25.1 Å². The van der Waals surface area contributed by atoms with Crippen molar-refractivity contribution in [3.63, 3.8) is 0 Å². The number of nitrogens with zero attached hydrogens (tertiary/aromatic N) is 4. The second-order valence-corrected chi connectivity index (χ2v) is 6.31. The van der Waals surface area contributed by atoms with Gasteiger partial charge in [0.25, 0.3) is 5.91 Å². The van der Waals surface area contributed by atoms with Crippen LogP contribution in [0.4, 0.5) is 0 Å². The third kappa shape index (κ3) is 3.59. The molecule has 1 aliphatic heterocycles. The summed E-state index contributed by atoms with van der Waals surface area (Å²) in [5.74, 6) is 2.25. The topological polar surface area (TPSA) is 91.2 Å². The zero-order valence-electron chi connectivity index (χ0n) is 14.8. The summed E-state index contributed by atoms with van der Waals surface area (Å²) in [6.45, 7) is 1.07. The Morgan fingerprint density at radius 2 is 2.15 bits per heavy atom. The van der Waals surface area contributed by atoms with E-state index >= 15 is 0 Å². The number of para-hydroxylation sites is 1. The van der Waals surface area contributed by atoms with Gasteiger partial charge in [0.2, 0.25) is 0 Å². The van der Waals surface area contributed by atoms with Crippen LogP contribution < -0.4 is 14.8 Å². The summed E-state index contributed by atoms with van der Waals surface area (Å²) >= 11 is 0. The van der Waals surface area contributed by atoms with Crippen LogP contribution >= 0.6 is 0 Å². The normalized spacial score (nSPS) is 15.5. The maximum Gasteiger partial charge on any atom is 0.252 e. The van der Waals surface area contributed by atoms with Crippen LogP contribution in [-0.2, 0) is 6.42 Å². The maximum atomic E-state index is 12.4. The molecule has 27 heavy (non-hydrogen) atoms. The van der Waals surface area contributed by atoms with Crippen molar-refractivity contribution in [2.24, 2.45) is 5.92 Å². The van der Waals surface area contributed by atoms with Crippen molar-refractivity contribution < 1.29 is 14.3 Å². The number of benzene rings is 1. The number of amides is 1. The zero-order chi connectivity index (χ0) is 18.6. The Bertz CT molecular complexity index is 925. The van der Waals surface area contributed by atoms with E-state index in [1.165, 1.54) is 0 Å². The summed E-state index contributed by atoms with van der Waals surface area (Å²) in [4.78, 5) is 16.7. The molecule has 138 valence electrons. The molecule has 3 aromatic rings. The van der Waals surface area contributed by atoms with E-state index < -0.39 is 0 Å². The predicted octanol–water partition coefficient (Wildman–Crippen LogP) is 1.65. The van der Waals surface area contributed by atoms with Gasteiger partial charge in [0.05, 0.1) is 19.3 Å². The summed E-state index contributed by atoms with van der Waals surface area (Å²) in [5.41, 5.74) is 1.60. The van der Waals surface area contributed by atoms with Crippen molar-refractivity contribution in [3.05, 3.63) is 60.3 Å². The molecular formula is C19H19N5O3. The van der Waals surface area contributed by atoms with Crippen molar-refractivity contribution in [2.75, 3.05) is 20.3 Å². The molecule has 8 heteroatoms. The van der Waals surface area contributed by atoms with Crippen LogP contribution in [0.1, 0.15) is 15.9 Å². The molecule has 0 fully saturated rings. The average Bonchev–Trinajstić information content (AvgIpc) is 3.26. The van der Waals surface area contributed by atoms with Crippen LogP contribution in [0.2, 0.25) is 0 Å². The Kier molecular flexibility index (Phi) is 4.69. The molecule has 1 unspecified atom stereocenters. The van der Waals surface area contributed by atoms with E-state index in [0.717, 1.165) is 23.5 Å². The average molecular weight is 365 g/mol. The maximum absolute atomic E-state index is 12.4. The van der Waals surface area contributed by atoms with E-state index in [4.69, 9.17) is 9.47 Å². The SMILES string of the molecule is COc1cccc2c1OCC(CNC(=O)c1ccc(-n3cnnc3)nc1)C2. The van der Waals surface area contributed by atoms with Crippen molar-refractivity contribution in [1.29, 1.82) is 0 Å². The Balaban J connectivity index is 1.35. The van der Waals surface area contributed by atoms with Crippen LogP contribution in [0.15, 0.2) is 49.2 Å². The van der Waals surface area contributed by atoms with E-state index in [-0.39, 0.29) is 11.8 Å². The fourth-order valence-corrected chi connectivity index (χ4v) is 3.08. The molecule has 1 atom stereocenters. The molecular weight excluding hydrogens is 346 g/mol. The number of hydrogen-bond acceptors (Lipinski definition) is 6. The number of carbonyl (C=O) groups is 1. The number of fused-ring (bicyclic) bond motifs is 1. The molecule has 8 nitrogen and oxygen atoms in total. The monoisotopic (exact) mass is 365 g/mol. The summed E-state index contributed by atoms with van der Waals surface area (Å²) in [5, 5.41) is 10.4. The molecule has 0 saturated carbocycles. The van der Waals surface area contributed by atoms with Crippen LogP contribution in [-0.4, -0.2) is 45.9 Å². The third-order valence-corrected chi connectivity index (χ3v) is 4.50. The Labute approximate surface area is 156 Å². The van der Waals surface area contributed by atoms with Gasteiger partial charge in [-0.3, -0.25) is 9.36 Å². The molecule has 0 radical (unpaired) electrons. The first-order valence-electron chi connectivity index (χ1n) is 8.62. The summed E-state index contributed by atoms with van der Waals surface area (Å²) in [7, 11) is 1.63. The first-order chi connectivity index (χ1) is 13.2. The van der Waals surface area contributed by atoms with Crippen molar-refractivity contribution >= 4 is 5.91 Å². The fourth-order valence-electron chi connectivity index (χ4n) is 3.08. The molecule has 1 amide bonds. The van der Waals surface area contributed by atoms with E-state index in [2.05, 4.69) is 20.5 Å². The summed E-state index contributed by atoms with van der Waals surface area (Å²) < 4.78 is 12.9. The van der Waals surface area contributed by atoms with Gasteiger partial charge >= 0.3 is 0 Å². The summed E-state index contributed by atoms with van der Waals surface area (Å²) in [6, 6.07) is 9.35. The number of rotatable bonds is 5. The highest BCUT2D eigenvalue weighted by Gasteiger charge is 2.23. The predicted molar refractivity (Wildman–Crippen MR) is 97.2 cm³/mol. The molecule has 4 rings (SSSR count). The molecule has 0 bridgehead atoms. The second-order valence-electron chi connectivity index (χ2n) is 6.31. The smallest absolute Gasteiger partial charge is 0.252 e. The van der Waals surface area contributed by atoms with Gasteiger partial charge in [0.15, 0.2) is 11.5 Å². The lowest BCUT2D eigenvalue weighted by atomic mass is 9.96. The van der Waals surface area contributed by atoms with Gasteiger partial charge in [-0.15, -0.1) is 10.2 Å². The highest BCUT2D eigenvalue weighted by molar-refractivity contribution is 5.93. The van der Waals surface area contributed by atoms with Crippen LogP contribution in [0.3, 0.4) is 0 Å². The molecule has 0 aliphatic carbocycles. The van der Waals surface area contributed by atoms with Gasteiger partial charge in [0, 0.05) is 18.7 Å². The number of ether oxygens (including phenoxy) is 2. The molecule has 0 saturated heterocycles. The lowest BCUT2D eigenvalue weighted by molar-refractivity contribution is 0.0938. The highest BCUT2D eigenvalue weighted by Crippen LogP contribution is 2.35. The largest absolute Gasteiger partial charge is 0.493 e. The molecule has 1 aromatic carbocycles. The van der Waals surface area contributed by atoms with E-state index in [1.54, 1.807) is 42.7 Å². The van der Waals surface area contributed by atoms with Gasteiger partial charge in [-0.2, -0.15) is 0 Å². The van der Waals surface area contributed by atoms with E-state index in [1.807, 2.05) is 18.2 Å². The molecule has 1 aliphatic rings. The van der Waals surface area contributed by atoms with Gasteiger partial charge in [-0.25, -0.2) is 4.98 Å². The highest BCUT2D eigenvalue weighted by atomic mass is 16.5. The van der Waals surface area contributed by atoms with E-state index in [9.17, 15) is 4.79 Å². The van der Waals surface area contributed by atoms with Gasteiger partial charge in [-0.05, 0) is 30.2 Å². The number of pyridine rings is 1. The number of carbonyl (C=O) groups excluding carboxylic acids is 1. The Morgan fingerprint density at radius 1 is 1.30 bits per heavy atom. The quantitative estimate of drug-likeness (QED) is 0.739. The minimum absolute atomic E-state index is 0.158. The minimum Gasteiger partial charge on any atom is -0.493 e. The minimum atomic E-state index is -0.158. The lowest BCUT2D eigenvalue weighted by Crippen LogP contribution is -2.35. The molecule has 0 spiro atoms. The zero-order valence-corrected chi connectivity index (χ0v) is 14.8. The molecule has 3 heterocycles. The first kappa shape index (κ1) is 17.0. The fraction of sp³-hybridized carbons (Fsp3) is 0.263. The van der Waals surface area contributed by atoms with Crippen molar-refractivity contribution in [3.8, 4) is 17.3 Å². The van der Waals surface area contributed by atoms with Crippen LogP contribution in [0.25, 0.3) is 5.82 Å². The lowest BCUT2D eigenvalue weighted by Gasteiger charge is -2.26.